The number of aromatic amines is 1. The van der Waals surface area contributed by atoms with E-state index in [1.807, 2.05) is 22.3 Å². The fourth-order valence-corrected chi connectivity index (χ4v) is 6.15. The minimum Gasteiger partial charge on any atom is -0.336 e. The maximum Gasteiger partial charge on any atom is 0.317 e. The number of nitrogens with one attached hydrogen (secondary N) is 3. The van der Waals surface area contributed by atoms with Crippen LogP contribution in [0.15, 0.2) is 48.0 Å². The molecule has 9 heteroatoms. The largest absolute Gasteiger partial charge is 0.336 e. The highest BCUT2D eigenvalue weighted by molar-refractivity contribution is 7.10. The SMILES string of the molecule is CC(=O)Nc1cn[nH]c1C1CCCN(C(=O)NCC(c2ccccc2)N2CCc3sccc3C2)C1. The fourth-order valence-electron chi connectivity index (χ4n) is 5.26. The summed E-state index contributed by atoms with van der Waals surface area (Å²) >= 11 is 1.84. The Balaban J connectivity index is 1.25. The molecule has 1 saturated heterocycles. The Labute approximate surface area is 209 Å². The lowest BCUT2D eigenvalue weighted by Gasteiger charge is -2.36. The van der Waals surface area contributed by atoms with Crippen LogP contribution >= 0.6 is 11.3 Å². The average Bonchev–Trinajstić information content (AvgIpc) is 3.53. The van der Waals surface area contributed by atoms with E-state index in [-0.39, 0.29) is 23.9 Å². The number of amides is 3. The molecule has 0 spiro atoms. The number of carbonyl (C=O) groups excluding carboxylic acids is 2. The molecule has 35 heavy (non-hydrogen) atoms. The second-order valence-corrected chi connectivity index (χ2v) is 10.4. The van der Waals surface area contributed by atoms with Crippen LogP contribution in [0.2, 0.25) is 0 Å². The van der Waals surface area contributed by atoms with Gasteiger partial charge < -0.3 is 15.5 Å². The van der Waals surface area contributed by atoms with Crippen LogP contribution in [0.5, 0.6) is 0 Å². The van der Waals surface area contributed by atoms with E-state index in [0.29, 0.717) is 18.8 Å². The summed E-state index contributed by atoms with van der Waals surface area (Å²) < 4.78 is 0. The van der Waals surface area contributed by atoms with Gasteiger partial charge in [-0.25, -0.2) is 4.79 Å². The third-order valence-electron chi connectivity index (χ3n) is 7.01. The van der Waals surface area contributed by atoms with Gasteiger partial charge in [0.25, 0.3) is 0 Å². The second-order valence-electron chi connectivity index (χ2n) is 9.37. The zero-order valence-corrected chi connectivity index (χ0v) is 20.8. The summed E-state index contributed by atoms with van der Waals surface area (Å²) in [6, 6.07) is 12.8. The van der Waals surface area contributed by atoms with Crippen molar-refractivity contribution in [3.63, 3.8) is 0 Å². The lowest BCUT2D eigenvalue weighted by atomic mass is 9.94. The van der Waals surface area contributed by atoms with Gasteiger partial charge in [0.2, 0.25) is 5.91 Å². The molecule has 2 aromatic heterocycles. The van der Waals surface area contributed by atoms with Crippen molar-refractivity contribution in [3.8, 4) is 0 Å². The molecule has 2 unspecified atom stereocenters. The predicted molar refractivity (Wildman–Crippen MR) is 137 cm³/mol. The minimum atomic E-state index is -0.128. The number of fused-ring (bicyclic) bond motifs is 1. The van der Waals surface area contributed by atoms with Gasteiger partial charge in [0.05, 0.1) is 23.6 Å². The number of hydrogen-bond donors (Lipinski definition) is 3. The van der Waals surface area contributed by atoms with Gasteiger partial charge in [0.15, 0.2) is 0 Å². The van der Waals surface area contributed by atoms with Crippen LogP contribution in [0.4, 0.5) is 10.5 Å². The molecule has 3 amide bonds. The molecule has 3 aromatic rings. The van der Waals surface area contributed by atoms with Crippen molar-refractivity contribution in [2.75, 3.05) is 31.5 Å². The zero-order valence-electron chi connectivity index (χ0n) is 20.0. The molecule has 2 aliphatic heterocycles. The van der Waals surface area contributed by atoms with Crippen LogP contribution in [0.25, 0.3) is 0 Å². The molecule has 0 radical (unpaired) electrons. The van der Waals surface area contributed by atoms with E-state index in [9.17, 15) is 9.59 Å². The van der Waals surface area contributed by atoms with Gasteiger partial charge in [0.1, 0.15) is 0 Å². The summed E-state index contributed by atoms with van der Waals surface area (Å²) in [6.45, 7) is 5.27. The molecule has 0 saturated carbocycles. The molecular weight excluding hydrogens is 460 g/mol. The van der Waals surface area contributed by atoms with Crippen molar-refractivity contribution < 1.29 is 9.59 Å². The Morgan fingerprint density at radius 3 is 2.91 bits per heavy atom. The monoisotopic (exact) mass is 492 g/mol. The first kappa shape index (κ1) is 23.6. The number of likely N-dealkylation sites (tertiary alicyclic amines) is 1. The van der Waals surface area contributed by atoms with Gasteiger partial charge in [-0.3, -0.25) is 14.8 Å². The van der Waals surface area contributed by atoms with E-state index in [2.05, 4.69) is 61.4 Å². The summed E-state index contributed by atoms with van der Waals surface area (Å²) in [5.41, 5.74) is 4.22. The van der Waals surface area contributed by atoms with Crippen LogP contribution in [0.1, 0.15) is 53.4 Å². The van der Waals surface area contributed by atoms with Gasteiger partial charge in [-0.15, -0.1) is 11.3 Å². The van der Waals surface area contributed by atoms with Gasteiger partial charge in [-0.1, -0.05) is 30.3 Å². The summed E-state index contributed by atoms with van der Waals surface area (Å²) in [4.78, 5) is 30.6. The third kappa shape index (κ3) is 5.41. The van der Waals surface area contributed by atoms with Crippen molar-refractivity contribution in [2.24, 2.45) is 0 Å². The molecule has 0 aliphatic carbocycles. The van der Waals surface area contributed by atoms with Gasteiger partial charge in [0, 0.05) is 50.4 Å². The number of urea groups is 1. The highest BCUT2D eigenvalue weighted by Gasteiger charge is 2.30. The van der Waals surface area contributed by atoms with E-state index in [4.69, 9.17) is 0 Å². The van der Waals surface area contributed by atoms with Gasteiger partial charge >= 0.3 is 6.03 Å². The number of anilines is 1. The lowest BCUT2D eigenvalue weighted by Crippen LogP contribution is -2.48. The molecule has 3 N–H and O–H groups in total. The van der Waals surface area contributed by atoms with Gasteiger partial charge in [-0.2, -0.15) is 5.10 Å². The van der Waals surface area contributed by atoms with E-state index in [0.717, 1.165) is 44.6 Å². The number of carbonyl (C=O) groups is 2. The average molecular weight is 493 g/mol. The number of piperidine rings is 1. The van der Waals surface area contributed by atoms with Crippen molar-refractivity contribution >= 4 is 29.0 Å². The van der Waals surface area contributed by atoms with Crippen LogP contribution in [0.3, 0.4) is 0 Å². The number of rotatable bonds is 6. The molecular formula is C26H32N6O2S. The first-order valence-electron chi connectivity index (χ1n) is 12.3. The molecule has 1 aromatic carbocycles. The highest BCUT2D eigenvalue weighted by Crippen LogP contribution is 2.32. The van der Waals surface area contributed by atoms with Crippen LogP contribution < -0.4 is 10.6 Å². The van der Waals surface area contributed by atoms with E-state index in [1.54, 1.807) is 6.20 Å². The smallest absolute Gasteiger partial charge is 0.317 e. The Morgan fingerprint density at radius 2 is 2.09 bits per heavy atom. The maximum atomic E-state index is 13.3. The second kappa shape index (κ2) is 10.6. The summed E-state index contributed by atoms with van der Waals surface area (Å²) in [5.74, 6) is -0.0137. The topological polar surface area (TPSA) is 93.4 Å². The number of aromatic nitrogens is 2. The Kier molecular flexibility index (Phi) is 7.15. The quantitative estimate of drug-likeness (QED) is 0.483. The van der Waals surface area contributed by atoms with Crippen LogP contribution in [-0.4, -0.2) is 58.1 Å². The highest BCUT2D eigenvalue weighted by atomic mass is 32.1. The zero-order chi connectivity index (χ0) is 24.2. The summed E-state index contributed by atoms with van der Waals surface area (Å²) in [7, 11) is 0. The molecule has 4 heterocycles. The number of thiophene rings is 1. The molecule has 2 atom stereocenters. The number of nitrogens with zero attached hydrogens (tertiary/aromatic N) is 3. The first-order valence-corrected chi connectivity index (χ1v) is 13.1. The molecule has 8 nitrogen and oxygen atoms in total. The Morgan fingerprint density at radius 1 is 1.23 bits per heavy atom. The van der Waals surface area contributed by atoms with E-state index < -0.39 is 0 Å². The van der Waals surface area contributed by atoms with Crippen LogP contribution in [-0.2, 0) is 17.8 Å². The van der Waals surface area contributed by atoms with Crippen molar-refractivity contribution in [1.82, 2.24) is 25.3 Å². The number of hydrogen-bond acceptors (Lipinski definition) is 5. The van der Waals surface area contributed by atoms with E-state index in [1.165, 1.54) is 22.9 Å². The van der Waals surface area contributed by atoms with Crippen molar-refractivity contribution in [2.45, 2.75) is 44.7 Å². The maximum absolute atomic E-state index is 13.3. The normalized spacial score (nSPS) is 19.1. The Hall–Kier alpha value is -3.17. The molecule has 2 aliphatic rings. The first-order chi connectivity index (χ1) is 17.1. The fraction of sp³-hybridized carbons (Fsp3) is 0.423. The standard InChI is InChI=1S/C26H32N6O2S/c1-18(33)29-22-14-28-30-25(22)21-8-5-11-32(17-21)26(34)27-15-23(19-6-3-2-4-7-19)31-12-9-24-20(16-31)10-13-35-24/h2-4,6-7,10,13-14,21,23H,5,8-9,11-12,15-17H2,1H3,(H,27,34)(H,28,30)(H,29,33). The number of H-pyrrole nitrogens is 1. The number of benzene rings is 1. The summed E-state index contributed by atoms with van der Waals surface area (Å²) in [5, 5.41) is 15.4. The lowest BCUT2D eigenvalue weighted by molar-refractivity contribution is -0.114. The molecule has 0 bridgehead atoms. The third-order valence-corrected chi connectivity index (χ3v) is 8.03. The Bertz CT molecular complexity index is 1160. The van der Waals surface area contributed by atoms with E-state index >= 15 is 0 Å². The summed E-state index contributed by atoms with van der Waals surface area (Å²) in [6.07, 6.45) is 4.55. The van der Waals surface area contributed by atoms with Crippen molar-refractivity contribution in [1.29, 1.82) is 0 Å². The molecule has 1 fully saturated rings. The van der Waals surface area contributed by atoms with Gasteiger partial charge in [-0.05, 0) is 41.8 Å². The predicted octanol–water partition coefficient (Wildman–Crippen LogP) is 4.12. The van der Waals surface area contributed by atoms with Crippen molar-refractivity contribution in [3.05, 3.63) is 69.7 Å². The van der Waals surface area contributed by atoms with Crippen LogP contribution in [0, 0.1) is 0 Å². The minimum absolute atomic E-state index is 0.0375. The molecule has 5 rings (SSSR count). The molecule has 184 valence electrons.